The maximum atomic E-state index is 5.33. The predicted octanol–water partition coefficient (Wildman–Crippen LogP) is 2.73. The SMILES string of the molecule is Cc1cccc(Nc2cccc(NN)n2)c1C. The highest BCUT2D eigenvalue weighted by Crippen LogP contribution is 2.22. The number of aromatic nitrogens is 1. The first-order valence-corrected chi connectivity index (χ1v) is 5.47. The van der Waals surface area contributed by atoms with Crippen LogP contribution in [0.15, 0.2) is 36.4 Å². The van der Waals surface area contributed by atoms with Crippen molar-refractivity contribution in [2.24, 2.45) is 5.84 Å². The molecule has 0 saturated heterocycles. The van der Waals surface area contributed by atoms with Crippen LogP contribution in [0.2, 0.25) is 0 Å². The molecule has 0 bridgehead atoms. The summed E-state index contributed by atoms with van der Waals surface area (Å²) in [5.74, 6) is 6.74. The Hall–Kier alpha value is -2.07. The fraction of sp³-hybridized carbons (Fsp3) is 0.154. The van der Waals surface area contributed by atoms with Gasteiger partial charge in [-0.3, -0.25) is 0 Å². The van der Waals surface area contributed by atoms with Crippen molar-refractivity contribution in [1.82, 2.24) is 4.98 Å². The van der Waals surface area contributed by atoms with E-state index in [2.05, 4.69) is 35.6 Å². The largest absolute Gasteiger partial charge is 0.340 e. The third-order valence-corrected chi connectivity index (χ3v) is 2.76. The van der Waals surface area contributed by atoms with E-state index in [1.165, 1.54) is 11.1 Å². The zero-order valence-electron chi connectivity index (χ0n) is 9.99. The van der Waals surface area contributed by atoms with E-state index in [4.69, 9.17) is 5.84 Å². The summed E-state index contributed by atoms with van der Waals surface area (Å²) < 4.78 is 0. The molecular weight excluding hydrogens is 212 g/mol. The van der Waals surface area contributed by atoms with Crippen LogP contribution in [0.4, 0.5) is 17.3 Å². The van der Waals surface area contributed by atoms with Gasteiger partial charge in [0.05, 0.1) is 0 Å². The Labute approximate surface area is 101 Å². The Morgan fingerprint density at radius 2 is 1.71 bits per heavy atom. The Morgan fingerprint density at radius 1 is 1.00 bits per heavy atom. The van der Waals surface area contributed by atoms with Crippen molar-refractivity contribution < 1.29 is 0 Å². The summed E-state index contributed by atoms with van der Waals surface area (Å²) in [4.78, 5) is 4.31. The fourth-order valence-corrected chi connectivity index (χ4v) is 1.61. The standard InChI is InChI=1S/C13H16N4/c1-9-5-3-6-11(10(9)2)15-12-7-4-8-13(16-12)17-14/h3-8H,14H2,1-2H3,(H2,15,16,17). The average Bonchev–Trinajstić information content (AvgIpc) is 2.35. The minimum Gasteiger partial charge on any atom is -0.340 e. The van der Waals surface area contributed by atoms with Crippen LogP contribution in [-0.2, 0) is 0 Å². The van der Waals surface area contributed by atoms with Crippen LogP contribution in [0.25, 0.3) is 0 Å². The lowest BCUT2D eigenvalue weighted by molar-refractivity contribution is 1.22. The van der Waals surface area contributed by atoms with Gasteiger partial charge in [0.2, 0.25) is 0 Å². The van der Waals surface area contributed by atoms with E-state index in [9.17, 15) is 0 Å². The molecule has 17 heavy (non-hydrogen) atoms. The van der Waals surface area contributed by atoms with Crippen LogP contribution in [0.3, 0.4) is 0 Å². The number of anilines is 3. The van der Waals surface area contributed by atoms with Gasteiger partial charge in [-0.05, 0) is 43.2 Å². The molecule has 0 aliphatic carbocycles. The molecule has 0 amide bonds. The summed E-state index contributed by atoms with van der Waals surface area (Å²) in [6.07, 6.45) is 0. The lowest BCUT2D eigenvalue weighted by atomic mass is 10.1. The Morgan fingerprint density at radius 3 is 2.47 bits per heavy atom. The number of hydrazine groups is 1. The first-order chi connectivity index (χ1) is 8.20. The molecule has 0 saturated carbocycles. The number of pyridine rings is 1. The number of nitrogen functional groups attached to an aromatic ring is 1. The first-order valence-electron chi connectivity index (χ1n) is 5.47. The maximum Gasteiger partial charge on any atom is 0.142 e. The Balaban J connectivity index is 2.28. The van der Waals surface area contributed by atoms with Crippen molar-refractivity contribution in [2.45, 2.75) is 13.8 Å². The average molecular weight is 228 g/mol. The summed E-state index contributed by atoms with van der Waals surface area (Å²) >= 11 is 0. The molecule has 0 radical (unpaired) electrons. The first kappa shape index (κ1) is 11.4. The summed E-state index contributed by atoms with van der Waals surface area (Å²) in [7, 11) is 0. The molecule has 0 atom stereocenters. The normalized spacial score (nSPS) is 10.1. The molecular formula is C13H16N4. The Kier molecular flexibility index (Phi) is 3.25. The second-order valence-electron chi connectivity index (χ2n) is 3.92. The van der Waals surface area contributed by atoms with E-state index in [1.807, 2.05) is 30.3 Å². The molecule has 4 nitrogen and oxygen atoms in total. The van der Waals surface area contributed by atoms with Crippen LogP contribution in [0.5, 0.6) is 0 Å². The molecule has 0 aliphatic rings. The van der Waals surface area contributed by atoms with Crippen LogP contribution in [0, 0.1) is 13.8 Å². The van der Waals surface area contributed by atoms with Crippen molar-refractivity contribution in [3.8, 4) is 0 Å². The monoisotopic (exact) mass is 228 g/mol. The molecule has 1 aromatic heterocycles. The number of nitrogens with one attached hydrogen (secondary N) is 2. The number of rotatable bonds is 3. The summed E-state index contributed by atoms with van der Waals surface area (Å²) in [6, 6.07) is 11.8. The number of benzene rings is 1. The second-order valence-corrected chi connectivity index (χ2v) is 3.92. The van der Waals surface area contributed by atoms with Crippen LogP contribution >= 0.6 is 0 Å². The van der Waals surface area contributed by atoms with E-state index in [0.29, 0.717) is 5.82 Å². The number of nitrogens with two attached hydrogens (primary N) is 1. The quantitative estimate of drug-likeness (QED) is 0.558. The highest BCUT2D eigenvalue weighted by atomic mass is 15.3. The van der Waals surface area contributed by atoms with Gasteiger partial charge in [-0.1, -0.05) is 18.2 Å². The van der Waals surface area contributed by atoms with E-state index in [-0.39, 0.29) is 0 Å². The summed E-state index contributed by atoms with van der Waals surface area (Å²) in [6.45, 7) is 4.18. The van der Waals surface area contributed by atoms with E-state index in [1.54, 1.807) is 0 Å². The topological polar surface area (TPSA) is 63.0 Å². The molecule has 0 aliphatic heterocycles. The number of hydrogen-bond donors (Lipinski definition) is 3. The van der Waals surface area contributed by atoms with Gasteiger partial charge in [-0.15, -0.1) is 0 Å². The van der Waals surface area contributed by atoms with Gasteiger partial charge in [-0.25, -0.2) is 10.8 Å². The van der Waals surface area contributed by atoms with E-state index >= 15 is 0 Å². The molecule has 4 heteroatoms. The van der Waals surface area contributed by atoms with Gasteiger partial charge in [0.15, 0.2) is 0 Å². The molecule has 88 valence electrons. The summed E-state index contributed by atoms with van der Waals surface area (Å²) in [5.41, 5.74) is 6.07. The minimum absolute atomic E-state index is 0.639. The molecule has 0 unspecified atom stereocenters. The van der Waals surface area contributed by atoms with Gasteiger partial charge in [0.25, 0.3) is 0 Å². The highest BCUT2D eigenvalue weighted by molar-refractivity contribution is 5.62. The van der Waals surface area contributed by atoms with E-state index < -0.39 is 0 Å². The summed E-state index contributed by atoms with van der Waals surface area (Å²) in [5, 5.41) is 3.28. The molecule has 1 aromatic carbocycles. The number of aryl methyl sites for hydroxylation is 1. The molecule has 1 heterocycles. The highest BCUT2D eigenvalue weighted by Gasteiger charge is 2.02. The van der Waals surface area contributed by atoms with Crippen molar-refractivity contribution in [3.05, 3.63) is 47.5 Å². The van der Waals surface area contributed by atoms with Crippen LogP contribution in [0.1, 0.15) is 11.1 Å². The number of nitrogens with zero attached hydrogens (tertiary/aromatic N) is 1. The zero-order valence-corrected chi connectivity index (χ0v) is 9.99. The zero-order chi connectivity index (χ0) is 12.3. The molecule has 0 spiro atoms. The van der Waals surface area contributed by atoms with Crippen molar-refractivity contribution in [2.75, 3.05) is 10.7 Å². The van der Waals surface area contributed by atoms with Crippen molar-refractivity contribution in [3.63, 3.8) is 0 Å². The molecule has 2 aromatic rings. The van der Waals surface area contributed by atoms with Gasteiger partial charge < -0.3 is 10.7 Å². The smallest absolute Gasteiger partial charge is 0.142 e. The van der Waals surface area contributed by atoms with E-state index in [0.717, 1.165) is 11.5 Å². The number of hydrogen-bond acceptors (Lipinski definition) is 4. The molecule has 0 fully saturated rings. The van der Waals surface area contributed by atoms with Gasteiger partial charge in [-0.2, -0.15) is 0 Å². The molecule has 4 N–H and O–H groups in total. The van der Waals surface area contributed by atoms with Gasteiger partial charge >= 0.3 is 0 Å². The van der Waals surface area contributed by atoms with Gasteiger partial charge in [0, 0.05) is 5.69 Å². The lowest BCUT2D eigenvalue weighted by Crippen LogP contribution is -2.09. The molecule has 2 rings (SSSR count). The third-order valence-electron chi connectivity index (χ3n) is 2.76. The lowest BCUT2D eigenvalue weighted by Gasteiger charge is -2.11. The second kappa shape index (κ2) is 4.84. The van der Waals surface area contributed by atoms with Gasteiger partial charge in [0.1, 0.15) is 11.6 Å². The fourth-order valence-electron chi connectivity index (χ4n) is 1.61. The predicted molar refractivity (Wildman–Crippen MR) is 71.2 cm³/mol. The van der Waals surface area contributed by atoms with Crippen molar-refractivity contribution in [1.29, 1.82) is 0 Å². The van der Waals surface area contributed by atoms with Crippen LogP contribution in [-0.4, -0.2) is 4.98 Å². The Bertz CT molecular complexity index is 523. The third kappa shape index (κ3) is 2.54. The maximum absolute atomic E-state index is 5.33. The van der Waals surface area contributed by atoms with Crippen LogP contribution < -0.4 is 16.6 Å². The van der Waals surface area contributed by atoms with Crippen molar-refractivity contribution >= 4 is 17.3 Å². The minimum atomic E-state index is 0.639.